The Morgan fingerprint density at radius 1 is 0.894 bits per heavy atom. The van der Waals surface area contributed by atoms with Gasteiger partial charge in [-0.3, -0.25) is 13.9 Å². The van der Waals surface area contributed by atoms with Crippen LogP contribution in [0.15, 0.2) is 102 Å². The fourth-order valence-electron chi connectivity index (χ4n) is 5.00. The predicted molar refractivity (Wildman–Crippen MR) is 187 cm³/mol. The number of nitrogens with zero attached hydrogens (tertiary/aromatic N) is 2. The quantitative estimate of drug-likeness (QED) is 0.155. The molecule has 11 heteroatoms. The molecule has 0 aliphatic rings. The summed E-state index contributed by atoms with van der Waals surface area (Å²) in [4.78, 5) is 30.0. The van der Waals surface area contributed by atoms with Gasteiger partial charge in [-0.15, -0.1) is 0 Å². The summed E-state index contributed by atoms with van der Waals surface area (Å²) >= 11 is 12.9. The number of benzene rings is 4. The van der Waals surface area contributed by atoms with Crippen molar-refractivity contribution in [2.24, 2.45) is 5.92 Å². The number of anilines is 1. The molecule has 4 rings (SSSR count). The molecule has 0 fully saturated rings. The van der Waals surface area contributed by atoms with Gasteiger partial charge < -0.3 is 15.0 Å². The summed E-state index contributed by atoms with van der Waals surface area (Å²) in [5.41, 5.74) is 2.38. The third-order valence-corrected chi connectivity index (χ3v) is 9.93. The number of carbonyl (C=O) groups excluding carboxylic acids is 2. The number of amides is 2. The zero-order chi connectivity index (χ0) is 34.1. The first-order valence-corrected chi connectivity index (χ1v) is 17.4. The number of aryl methyl sites for hydroxylation is 1. The maximum Gasteiger partial charge on any atom is 0.264 e. The van der Waals surface area contributed by atoms with Gasteiger partial charge in [-0.1, -0.05) is 103 Å². The molecule has 4 aromatic carbocycles. The second-order valence-corrected chi connectivity index (χ2v) is 14.3. The number of ether oxygens (including phenoxy) is 1. The van der Waals surface area contributed by atoms with E-state index < -0.39 is 28.5 Å². The molecule has 0 spiro atoms. The van der Waals surface area contributed by atoms with Gasteiger partial charge in [0.2, 0.25) is 11.8 Å². The summed E-state index contributed by atoms with van der Waals surface area (Å²) in [6.07, 6.45) is 0.187. The molecule has 0 bridgehead atoms. The number of methoxy groups -OCH3 is 1. The molecule has 0 aliphatic heterocycles. The monoisotopic (exact) mass is 695 g/mol. The Morgan fingerprint density at radius 2 is 1.55 bits per heavy atom. The molecule has 1 N–H and O–H groups in total. The van der Waals surface area contributed by atoms with E-state index >= 15 is 0 Å². The van der Waals surface area contributed by atoms with Crippen molar-refractivity contribution < 1.29 is 22.7 Å². The van der Waals surface area contributed by atoms with Crippen molar-refractivity contribution in [1.29, 1.82) is 0 Å². The van der Waals surface area contributed by atoms with Crippen molar-refractivity contribution >= 4 is 50.7 Å². The van der Waals surface area contributed by atoms with E-state index in [1.807, 2.05) is 51.1 Å². The lowest BCUT2D eigenvalue weighted by atomic mass is 10.0. The zero-order valence-electron chi connectivity index (χ0n) is 26.8. The first-order chi connectivity index (χ1) is 22.4. The highest BCUT2D eigenvalue weighted by atomic mass is 35.5. The molecule has 0 saturated carbocycles. The van der Waals surface area contributed by atoms with Crippen LogP contribution in [-0.4, -0.2) is 51.4 Å². The summed E-state index contributed by atoms with van der Waals surface area (Å²) in [7, 11) is -2.93. The Labute approximate surface area is 287 Å². The Balaban J connectivity index is 1.86. The average Bonchev–Trinajstić information content (AvgIpc) is 3.05. The van der Waals surface area contributed by atoms with Crippen LogP contribution in [-0.2, 0) is 32.6 Å². The van der Waals surface area contributed by atoms with Crippen molar-refractivity contribution in [3.8, 4) is 5.75 Å². The first-order valence-electron chi connectivity index (χ1n) is 15.2. The zero-order valence-corrected chi connectivity index (χ0v) is 29.1. The smallest absolute Gasteiger partial charge is 0.264 e. The van der Waals surface area contributed by atoms with Crippen LogP contribution in [0.4, 0.5) is 5.69 Å². The molecular formula is C36H39Cl2N3O5S. The highest BCUT2D eigenvalue weighted by molar-refractivity contribution is 7.92. The summed E-state index contributed by atoms with van der Waals surface area (Å²) in [6.45, 7) is 5.50. The van der Waals surface area contributed by atoms with E-state index in [4.69, 9.17) is 27.9 Å². The average molecular weight is 697 g/mol. The van der Waals surface area contributed by atoms with E-state index in [1.165, 1.54) is 30.2 Å². The minimum atomic E-state index is -4.34. The largest absolute Gasteiger partial charge is 0.495 e. The van der Waals surface area contributed by atoms with Crippen LogP contribution in [0, 0.1) is 12.8 Å². The molecule has 0 radical (unpaired) electrons. The third-order valence-electron chi connectivity index (χ3n) is 7.55. The molecule has 0 saturated heterocycles. The van der Waals surface area contributed by atoms with Crippen molar-refractivity contribution in [1.82, 2.24) is 10.2 Å². The SMILES string of the molecule is COc1ccc(Cl)cc1N(CC(=O)N(Cc1ccccc1Cl)[C@@H](Cc1ccccc1)C(=O)NCC(C)C)S(=O)(=O)c1ccc(C)cc1. The van der Waals surface area contributed by atoms with Gasteiger partial charge in [0.05, 0.1) is 17.7 Å². The van der Waals surface area contributed by atoms with Crippen LogP contribution in [0.5, 0.6) is 5.75 Å². The van der Waals surface area contributed by atoms with Crippen LogP contribution in [0.25, 0.3) is 0 Å². The second kappa shape index (κ2) is 16.2. The Hall–Kier alpha value is -4.05. The van der Waals surface area contributed by atoms with Crippen LogP contribution in [0.2, 0.25) is 10.0 Å². The van der Waals surface area contributed by atoms with Crippen LogP contribution in [0.3, 0.4) is 0 Å². The van der Waals surface area contributed by atoms with E-state index in [0.717, 1.165) is 15.4 Å². The van der Waals surface area contributed by atoms with Crippen LogP contribution < -0.4 is 14.4 Å². The van der Waals surface area contributed by atoms with Crippen LogP contribution >= 0.6 is 23.2 Å². The van der Waals surface area contributed by atoms with Gasteiger partial charge in [0, 0.05) is 29.6 Å². The fraction of sp³-hybridized carbons (Fsp3) is 0.278. The number of carbonyl (C=O) groups is 2. The Bertz CT molecular complexity index is 1780. The van der Waals surface area contributed by atoms with Gasteiger partial charge in [-0.2, -0.15) is 0 Å². The number of hydrogen-bond acceptors (Lipinski definition) is 5. The van der Waals surface area contributed by atoms with E-state index in [-0.39, 0.29) is 46.1 Å². The van der Waals surface area contributed by atoms with Crippen LogP contribution in [0.1, 0.15) is 30.5 Å². The highest BCUT2D eigenvalue weighted by Gasteiger charge is 2.36. The van der Waals surface area contributed by atoms with Gasteiger partial charge >= 0.3 is 0 Å². The molecule has 4 aromatic rings. The lowest BCUT2D eigenvalue weighted by molar-refractivity contribution is -0.140. The van der Waals surface area contributed by atoms with Gasteiger partial charge in [0.25, 0.3) is 10.0 Å². The van der Waals surface area contributed by atoms with Gasteiger partial charge in [-0.05, 0) is 60.4 Å². The van der Waals surface area contributed by atoms with E-state index in [2.05, 4.69) is 5.32 Å². The van der Waals surface area contributed by atoms with E-state index in [1.54, 1.807) is 48.5 Å². The topological polar surface area (TPSA) is 96.0 Å². The summed E-state index contributed by atoms with van der Waals surface area (Å²) in [5.74, 6) is -0.625. The van der Waals surface area contributed by atoms with Gasteiger partial charge in [-0.25, -0.2) is 8.42 Å². The van der Waals surface area contributed by atoms with Crippen molar-refractivity contribution in [2.45, 2.75) is 44.7 Å². The van der Waals surface area contributed by atoms with E-state index in [9.17, 15) is 18.0 Å². The molecule has 47 heavy (non-hydrogen) atoms. The molecule has 0 heterocycles. The standard InChI is InChI=1S/C36H39Cl2N3O5S/c1-25(2)22-39-36(43)33(20-27-10-6-5-7-11-27)40(23-28-12-8-9-13-31(28)38)35(42)24-41(32-21-29(37)16-19-34(32)46-4)47(44,45)30-17-14-26(3)15-18-30/h5-19,21,25,33H,20,22-24H2,1-4H3,(H,39,43)/t33-/m0/s1. The molecule has 0 unspecified atom stereocenters. The van der Waals surface area contributed by atoms with Crippen molar-refractivity contribution in [3.05, 3.63) is 124 Å². The van der Waals surface area contributed by atoms with Crippen molar-refractivity contribution in [3.63, 3.8) is 0 Å². The fourth-order valence-corrected chi connectivity index (χ4v) is 6.77. The molecule has 0 aromatic heterocycles. The Morgan fingerprint density at radius 3 is 2.19 bits per heavy atom. The van der Waals surface area contributed by atoms with Gasteiger partial charge in [0.15, 0.2) is 0 Å². The maximum absolute atomic E-state index is 14.7. The summed E-state index contributed by atoms with van der Waals surface area (Å²) in [6, 6.07) is 26.3. The Kier molecular flexibility index (Phi) is 12.3. The third kappa shape index (κ3) is 9.28. The van der Waals surface area contributed by atoms with Gasteiger partial charge in [0.1, 0.15) is 18.3 Å². The minimum absolute atomic E-state index is 0.0221. The summed E-state index contributed by atoms with van der Waals surface area (Å²) < 4.78 is 35.2. The first kappa shape index (κ1) is 35.8. The molecular weight excluding hydrogens is 657 g/mol. The lowest BCUT2D eigenvalue weighted by Gasteiger charge is -2.34. The number of nitrogens with one attached hydrogen (secondary N) is 1. The molecule has 8 nitrogen and oxygen atoms in total. The molecule has 2 amide bonds. The normalized spacial score (nSPS) is 12.0. The minimum Gasteiger partial charge on any atom is -0.495 e. The molecule has 1 atom stereocenters. The molecule has 0 aliphatic carbocycles. The van der Waals surface area contributed by atoms with E-state index in [0.29, 0.717) is 17.1 Å². The van der Waals surface area contributed by atoms with Crippen molar-refractivity contribution in [2.75, 3.05) is 24.5 Å². The summed E-state index contributed by atoms with van der Waals surface area (Å²) in [5, 5.41) is 3.63. The predicted octanol–water partition coefficient (Wildman–Crippen LogP) is 6.92. The lowest BCUT2D eigenvalue weighted by Crippen LogP contribution is -2.53. The second-order valence-electron chi connectivity index (χ2n) is 11.6. The number of hydrogen-bond donors (Lipinski definition) is 1. The number of halogens is 2. The highest BCUT2D eigenvalue weighted by Crippen LogP contribution is 2.35. The number of rotatable bonds is 14. The maximum atomic E-state index is 14.7. The number of sulfonamides is 1. The molecule has 248 valence electrons.